The molecular formula is C21H20N2O4. The molecule has 3 rings (SSSR count). The molecule has 0 aliphatic rings. The predicted molar refractivity (Wildman–Crippen MR) is 104 cm³/mol. The van der Waals surface area contributed by atoms with Crippen LogP contribution in [-0.4, -0.2) is 32.2 Å². The number of nitrogens with one attached hydrogen (secondary N) is 1. The third-order valence-electron chi connectivity index (χ3n) is 4.03. The van der Waals surface area contributed by atoms with Crippen molar-refractivity contribution < 1.29 is 19.0 Å². The minimum Gasteiger partial charge on any atom is -0.493 e. The maximum atomic E-state index is 12.7. The zero-order valence-corrected chi connectivity index (χ0v) is 15.4. The lowest BCUT2D eigenvalue weighted by molar-refractivity contribution is 0.102. The van der Waals surface area contributed by atoms with Crippen LogP contribution in [0.2, 0.25) is 0 Å². The van der Waals surface area contributed by atoms with E-state index in [-0.39, 0.29) is 5.91 Å². The summed E-state index contributed by atoms with van der Waals surface area (Å²) in [4.78, 5) is 16.9. The van der Waals surface area contributed by atoms with Gasteiger partial charge in [0.05, 0.1) is 26.9 Å². The van der Waals surface area contributed by atoms with Gasteiger partial charge in [0.15, 0.2) is 11.5 Å². The number of benzene rings is 2. The van der Waals surface area contributed by atoms with Crippen molar-refractivity contribution in [3.63, 3.8) is 0 Å². The smallest absolute Gasteiger partial charge is 0.257 e. The summed E-state index contributed by atoms with van der Waals surface area (Å²) in [6.45, 7) is 0. The Kier molecular flexibility index (Phi) is 5.56. The number of amides is 1. The number of rotatable bonds is 6. The molecule has 0 bridgehead atoms. The fraction of sp³-hybridized carbons (Fsp3) is 0.143. The second-order valence-corrected chi connectivity index (χ2v) is 5.70. The molecule has 0 aliphatic carbocycles. The van der Waals surface area contributed by atoms with Gasteiger partial charge in [0.2, 0.25) is 5.75 Å². The van der Waals surface area contributed by atoms with Crippen LogP contribution < -0.4 is 19.5 Å². The van der Waals surface area contributed by atoms with Gasteiger partial charge in [0.1, 0.15) is 0 Å². The summed E-state index contributed by atoms with van der Waals surface area (Å²) in [5.74, 6) is 1.10. The number of anilines is 1. The molecule has 0 unspecified atom stereocenters. The molecule has 0 spiro atoms. The van der Waals surface area contributed by atoms with Crippen molar-refractivity contribution in [2.24, 2.45) is 0 Å². The lowest BCUT2D eigenvalue weighted by Crippen LogP contribution is -2.12. The van der Waals surface area contributed by atoms with Crippen molar-refractivity contribution >= 4 is 11.6 Å². The minimum absolute atomic E-state index is 0.283. The molecule has 1 amide bonds. The highest BCUT2D eigenvalue weighted by Gasteiger charge is 2.15. The number of carbonyl (C=O) groups excluding carboxylic acids is 1. The molecule has 1 heterocycles. The Balaban J connectivity index is 1.88. The molecular weight excluding hydrogens is 344 g/mol. The second kappa shape index (κ2) is 8.23. The predicted octanol–water partition coefficient (Wildman–Crippen LogP) is 4.03. The Hall–Kier alpha value is -3.54. The van der Waals surface area contributed by atoms with Gasteiger partial charge in [-0.1, -0.05) is 30.3 Å². The first-order valence-corrected chi connectivity index (χ1v) is 8.28. The molecule has 138 valence electrons. The molecule has 0 atom stereocenters. The molecule has 0 saturated carbocycles. The van der Waals surface area contributed by atoms with Gasteiger partial charge in [-0.05, 0) is 11.6 Å². The Morgan fingerprint density at radius 1 is 0.852 bits per heavy atom. The van der Waals surface area contributed by atoms with Crippen LogP contribution in [0.1, 0.15) is 10.4 Å². The van der Waals surface area contributed by atoms with Crippen LogP contribution in [0.5, 0.6) is 17.2 Å². The van der Waals surface area contributed by atoms with Gasteiger partial charge in [0, 0.05) is 35.8 Å². The number of aromatic nitrogens is 1. The molecule has 0 aliphatic heterocycles. The lowest BCUT2D eigenvalue weighted by atomic mass is 10.1. The topological polar surface area (TPSA) is 69.7 Å². The quantitative estimate of drug-likeness (QED) is 0.715. The SMILES string of the molecule is COc1cc(NC(=O)c2cncc(-c3ccccc3)c2)cc(OC)c1OC. The summed E-state index contributed by atoms with van der Waals surface area (Å²) < 4.78 is 15.9. The Morgan fingerprint density at radius 2 is 1.52 bits per heavy atom. The first-order valence-electron chi connectivity index (χ1n) is 8.28. The van der Waals surface area contributed by atoms with Crippen molar-refractivity contribution in [2.75, 3.05) is 26.6 Å². The fourth-order valence-corrected chi connectivity index (χ4v) is 2.71. The summed E-state index contributed by atoms with van der Waals surface area (Å²) in [6, 6.07) is 14.9. The average molecular weight is 364 g/mol. The largest absolute Gasteiger partial charge is 0.493 e. The van der Waals surface area contributed by atoms with Crippen molar-refractivity contribution in [2.45, 2.75) is 0 Å². The minimum atomic E-state index is -0.283. The number of nitrogens with zero attached hydrogens (tertiary/aromatic N) is 1. The van der Waals surface area contributed by atoms with Crippen LogP contribution in [0.3, 0.4) is 0 Å². The van der Waals surface area contributed by atoms with Crippen molar-refractivity contribution in [1.29, 1.82) is 0 Å². The van der Waals surface area contributed by atoms with Crippen LogP contribution in [0, 0.1) is 0 Å². The van der Waals surface area contributed by atoms with E-state index in [2.05, 4.69) is 10.3 Å². The second-order valence-electron chi connectivity index (χ2n) is 5.70. The van der Waals surface area contributed by atoms with Gasteiger partial charge in [-0.25, -0.2) is 0 Å². The Bertz CT molecular complexity index is 917. The van der Waals surface area contributed by atoms with Crippen LogP contribution >= 0.6 is 0 Å². The van der Waals surface area contributed by atoms with Crippen LogP contribution in [0.15, 0.2) is 60.9 Å². The van der Waals surface area contributed by atoms with Crippen LogP contribution in [-0.2, 0) is 0 Å². The van der Waals surface area contributed by atoms with Crippen molar-refractivity contribution in [3.05, 3.63) is 66.5 Å². The summed E-state index contributed by atoms with van der Waals surface area (Å²) in [7, 11) is 4.58. The first-order chi connectivity index (χ1) is 13.2. The van der Waals surface area contributed by atoms with Crippen molar-refractivity contribution in [1.82, 2.24) is 4.98 Å². The van der Waals surface area contributed by atoms with Gasteiger partial charge in [-0.15, -0.1) is 0 Å². The van der Waals surface area contributed by atoms with E-state index in [4.69, 9.17) is 14.2 Å². The average Bonchev–Trinajstić information content (AvgIpc) is 2.73. The van der Waals surface area contributed by atoms with E-state index in [9.17, 15) is 4.79 Å². The first kappa shape index (κ1) is 18.3. The van der Waals surface area contributed by atoms with Gasteiger partial charge in [0.25, 0.3) is 5.91 Å². The summed E-state index contributed by atoms with van der Waals surface area (Å²) in [6.07, 6.45) is 3.26. The number of hydrogen-bond donors (Lipinski definition) is 1. The zero-order chi connectivity index (χ0) is 19.2. The van der Waals surface area contributed by atoms with Crippen molar-refractivity contribution in [3.8, 4) is 28.4 Å². The standard InChI is InChI=1S/C21H20N2O4/c1-25-18-10-17(11-19(26-2)20(18)27-3)23-21(24)16-9-15(12-22-13-16)14-7-5-4-6-8-14/h4-13H,1-3H3,(H,23,24). The molecule has 0 saturated heterocycles. The van der Waals surface area contributed by atoms with E-state index in [0.717, 1.165) is 11.1 Å². The Labute approximate surface area is 157 Å². The van der Waals surface area contributed by atoms with E-state index in [1.54, 1.807) is 24.4 Å². The normalized spacial score (nSPS) is 10.2. The van der Waals surface area contributed by atoms with E-state index in [1.165, 1.54) is 27.5 Å². The summed E-state index contributed by atoms with van der Waals surface area (Å²) >= 11 is 0. The highest BCUT2D eigenvalue weighted by Crippen LogP contribution is 2.40. The van der Waals surface area contributed by atoms with Crippen LogP contribution in [0.4, 0.5) is 5.69 Å². The van der Waals surface area contributed by atoms with Gasteiger partial charge < -0.3 is 19.5 Å². The molecule has 1 N–H and O–H groups in total. The molecule has 6 nitrogen and oxygen atoms in total. The maximum absolute atomic E-state index is 12.7. The summed E-state index contributed by atoms with van der Waals surface area (Å²) in [5.41, 5.74) is 2.84. The number of hydrogen-bond acceptors (Lipinski definition) is 5. The molecule has 6 heteroatoms. The third kappa shape index (κ3) is 4.00. The van der Waals surface area contributed by atoms with E-state index < -0.39 is 0 Å². The highest BCUT2D eigenvalue weighted by atomic mass is 16.5. The number of methoxy groups -OCH3 is 3. The Morgan fingerprint density at radius 3 is 2.11 bits per heavy atom. The molecule has 0 radical (unpaired) electrons. The van der Waals surface area contributed by atoms with E-state index in [0.29, 0.717) is 28.5 Å². The molecule has 3 aromatic rings. The van der Waals surface area contributed by atoms with Gasteiger partial charge in [-0.3, -0.25) is 9.78 Å². The van der Waals surface area contributed by atoms with E-state index in [1.807, 2.05) is 30.3 Å². The third-order valence-corrected chi connectivity index (χ3v) is 4.03. The van der Waals surface area contributed by atoms with Gasteiger partial charge >= 0.3 is 0 Å². The number of pyridine rings is 1. The lowest BCUT2D eigenvalue weighted by Gasteiger charge is -2.14. The highest BCUT2D eigenvalue weighted by molar-refractivity contribution is 6.05. The monoisotopic (exact) mass is 364 g/mol. The van der Waals surface area contributed by atoms with E-state index >= 15 is 0 Å². The van der Waals surface area contributed by atoms with Crippen LogP contribution in [0.25, 0.3) is 11.1 Å². The maximum Gasteiger partial charge on any atom is 0.257 e. The van der Waals surface area contributed by atoms with Gasteiger partial charge in [-0.2, -0.15) is 0 Å². The molecule has 0 fully saturated rings. The fourth-order valence-electron chi connectivity index (χ4n) is 2.71. The number of carbonyl (C=O) groups is 1. The molecule has 2 aromatic carbocycles. The number of ether oxygens (including phenoxy) is 3. The molecule has 1 aromatic heterocycles. The molecule has 27 heavy (non-hydrogen) atoms. The summed E-state index contributed by atoms with van der Waals surface area (Å²) in [5, 5.41) is 2.84. The zero-order valence-electron chi connectivity index (χ0n) is 15.4.